The summed E-state index contributed by atoms with van der Waals surface area (Å²) >= 11 is 2.04. The minimum atomic E-state index is -1.31. The fourth-order valence-corrected chi connectivity index (χ4v) is 5.11. The largest absolute Gasteiger partial charge is 0.477 e. The summed E-state index contributed by atoms with van der Waals surface area (Å²) in [5, 5.41) is 26.2. The Morgan fingerprint density at radius 3 is 2.74 bits per heavy atom. The number of carbonyl (C=O) groups excluding carboxylic acids is 3. The molecule has 15 heteroatoms. The maximum absolute atomic E-state index is 12.7. The molecule has 0 radical (unpaired) electrons. The first-order valence-corrected chi connectivity index (χ1v) is 10.7. The number of carbonyl (C=O) groups is 4. The van der Waals surface area contributed by atoms with Gasteiger partial charge in [-0.05, 0) is 18.1 Å². The lowest BCUT2D eigenvalue weighted by Gasteiger charge is -2.49. The Morgan fingerprint density at radius 2 is 2.16 bits per heavy atom. The van der Waals surface area contributed by atoms with E-state index < -0.39 is 34.9 Å². The zero-order chi connectivity index (χ0) is 22.3. The van der Waals surface area contributed by atoms with Crippen LogP contribution in [-0.4, -0.2) is 77.7 Å². The zero-order valence-corrected chi connectivity index (χ0v) is 17.2. The van der Waals surface area contributed by atoms with E-state index in [1.807, 2.05) is 0 Å². The van der Waals surface area contributed by atoms with Crippen molar-refractivity contribution in [2.75, 3.05) is 18.0 Å². The Bertz CT molecular complexity index is 1090. The van der Waals surface area contributed by atoms with Crippen molar-refractivity contribution in [3.63, 3.8) is 0 Å². The Labute approximate surface area is 182 Å². The van der Waals surface area contributed by atoms with Gasteiger partial charge in [0, 0.05) is 29.4 Å². The summed E-state index contributed by atoms with van der Waals surface area (Å²) in [7, 11) is 0. The molecule has 0 aromatic carbocycles. The maximum atomic E-state index is 12.7. The Balaban J connectivity index is 1.54. The first kappa shape index (κ1) is 20.8. The topological polar surface area (TPSA) is 200 Å². The molecule has 162 valence electrons. The average molecular weight is 465 g/mol. The molecular weight excluding hydrogens is 450 g/mol. The highest BCUT2D eigenvalue weighted by Gasteiger charge is 2.54. The number of nitrogen functional groups attached to an aromatic ring is 1. The van der Waals surface area contributed by atoms with Gasteiger partial charge >= 0.3 is 5.97 Å². The molecule has 2 saturated heterocycles. The summed E-state index contributed by atoms with van der Waals surface area (Å²) in [6.07, 6.45) is 1.97. The fraction of sp³-hybridized carbons (Fsp3) is 0.312. The number of nitrogens with two attached hydrogens (primary N) is 1. The molecule has 0 saturated carbocycles. The predicted octanol–water partition coefficient (Wildman–Crippen LogP) is -1.52. The van der Waals surface area contributed by atoms with E-state index in [9.17, 15) is 24.3 Å². The summed E-state index contributed by atoms with van der Waals surface area (Å²) in [5.74, 6) is -3.10. The molecule has 13 nitrogen and oxygen atoms in total. The van der Waals surface area contributed by atoms with E-state index in [2.05, 4.69) is 25.1 Å². The van der Waals surface area contributed by atoms with Gasteiger partial charge in [0.2, 0.25) is 17.4 Å². The van der Waals surface area contributed by atoms with Crippen LogP contribution in [0.3, 0.4) is 0 Å². The number of amides is 3. The van der Waals surface area contributed by atoms with E-state index in [0.29, 0.717) is 24.1 Å². The number of fused-ring (bicyclic) bond motifs is 1. The summed E-state index contributed by atoms with van der Waals surface area (Å²) in [6, 6.07) is -1.04. The van der Waals surface area contributed by atoms with E-state index in [-0.39, 0.29) is 28.3 Å². The maximum Gasteiger partial charge on any atom is 0.352 e. The quantitative estimate of drug-likeness (QED) is 0.112. The van der Waals surface area contributed by atoms with Crippen LogP contribution in [0.15, 0.2) is 28.1 Å². The molecule has 1 aromatic rings. The molecule has 2 unspecified atom stereocenters. The van der Waals surface area contributed by atoms with E-state index in [1.165, 1.54) is 17.8 Å². The minimum Gasteiger partial charge on any atom is -0.477 e. The van der Waals surface area contributed by atoms with Crippen LogP contribution in [0.1, 0.15) is 12.2 Å². The second kappa shape index (κ2) is 7.99. The van der Waals surface area contributed by atoms with Crippen molar-refractivity contribution in [2.45, 2.75) is 17.8 Å². The number of rotatable bonds is 5. The first-order chi connectivity index (χ1) is 14.8. The third-order valence-electron chi connectivity index (χ3n) is 4.78. The zero-order valence-electron chi connectivity index (χ0n) is 15.6. The van der Waals surface area contributed by atoms with Gasteiger partial charge in [0.1, 0.15) is 17.1 Å². The Kier molecular flexibility index (Phi) is 5.36. The lowest BCUT2D eigenvalue weighted by molar-refractivity contribution is -0.150. The number of aromatic nitrogens is 2. The summed E-state index contributed by atoms with van der Waals surface area (Å²) < 4.78 is 3.79. The van der Waals surface area contributed by atoms with Crippen molar-refractivity contribution >= 4 is 57.8 Å². The number of nitrogens with one attached hydrogen (secondary N) is 2. The highest BCUT2D eigenvalue weighted by molar-refractivity contribution is 8.00. The van der Waals surface area contributed by atoms with Gasteiger partial charge in [0.25, 0.3) is 11.8 Å². The van der Waals surface area contributed by atoms with Gasteiger partial charge in [0.05, 0.1) is 0 Å². The van der Waals surface area contributed by atoms with Crippen molar-refractivity contribution in [3.8, 4) is 0 Å². The molecule has 1 aromatic heterocycles. The van der Waals surface area contributed by atoms with Gasteiger partial charge in [0.15, 0.2) is 5.13 Å². The highest BCUT2D eigenvalue weighted by atomic mass is 32.2. The van der Waals surface area contributed by atoms with Gasteiger partial charge < -0.3 is 26.7 Å². The van der Waals surface area contributed by atoms with Gasteiger partial charge in [-0.15, -0.1) is 11.8 Å². The Hall–Kier alpha value is -3.46. The van der Waals surface area contributed by atoms with Crippen LogP contribution in [0.5, 0.6) is 0 Å². The third kappa shape index (κ3) is 3.61. The molecule has 3 aliphatic rings. The molecule has 4 heterocycles. The van der Waals surface area contributed by atoms with Crippen LogP contribution in [0.2, 0.25) is 0 Å². The lowest BCUT2D eigenvalue weighted by Crippen LogP contribution is -2.71. The van der Waals surface area contributed by atoms with Gasteiger partial charge in [-0.3, -0.25) is 19.3 Å². The van der Waals surface area contributed by atoms with Crippen LogP contribution < -0.4 is 16.4 Å². The SMILES string of the molecule is Nc1nc(/C(=N/O)C(=O)NC2C(=O)N3C(C(=O)O)=C(/C=C4\CCNC4=O)CSC23)ns1. The molecule has 0 bridgehead atoms. The van der Waals surface area contributed by atoms with Crippen molar-refractivity contribution in [3.05, 3.63) is 28.7 Å². The predicted molar refractivity (Wildman–Crippen MR) is 108 cm³/mol. The highest BCUT2D eigenvalue weighted by Crippen LogP contribution is 2.41. The molecule has 6 N–H and O–H groups in total. The minimum absolute atomic E-state index is 0.0616. The number of thioether (sulfide) groups is 1. The number of allylic oxidation sites excluding steroid dienone is 1. The van der Waals surface area contributed by atoms with E-state index in [1.54, 1.807) is 0 Å². The Morgan fingerprint density at radius 1 is 1.39 bits per heavy atom. The van der Waals surface area contributed by atoms with Crippen molar-refractivity contribution < 1.29 is 29.5 Å². The molecule has 2 atom stereocenters. The van der Waals surface area contributed by atoms with Crippen LogP contribution in [0, 0.1) is 0 Å². The molecule has 2 fully saturated rings. The van der Waals surface area contributed by atoms with E-state index in [4.69, 9.17) is 10.9 Å². The van der Waals surface area contributed by atoms with Crippen molar-refractivity contribution in [1.82, 2.24) is 24.9 Å². The lowest BCUT2D eigenvalue weighted by atomic mass is 10.0. The smallest absolute Gasteiger partial charge is 0.352 e. The third-order valence-corrected chi connectivity index (χ3v) is 6.62. The molecule has 4 rings (SSSR count). The normalized spacial score (nSPS) is 24.7. The average Bonchev–Trinajstić information content (AvgIpc) is 3.34. The number of anilines is 1. The summed E-state index contributed by atoms with van der Waals surface area (Å²) in [4.78, 5) is 53.7. The van der Waals surface area contributed by atoms with E-state index in [0.717, 1.165) is 16.4 Å². The number of carboxylic acid groups (broad SMARTS) is 1. The molecule has 3 amide bonds. The van der Waals surface area contributed by atoms with Gasteiger partial charge in [-0.25, -0.2) is 4.79 Å². The van der Waals surface area contributed by atoms with Crippen LogP contribution in [-0.2, 0) is 19.2 Å². The number of nitrogens with zero attached hydrogens (tertiary/aromatic N) is 4. The number of hydrogen-bond acceptors (Lipinski definition) is 11. The molecule has 0 aliphatic carbocycles. The second-order valence-electron chi connectivity index (χ2n) is 6.62. The number of hydrogen-bond donors (Lipinski definition) is 5. The first-order valence-electron chi connectivity index (χ1n) is 8.84. The number of carboxylic acids is 1. The summed E-state index contributed by atoms with van der Waals surface area (Å²) in [6.45, 7) is 0.473. The van der Waals surface area contributed by atoms with Crippen molar-refractivity contribution in [1.29, 1.82) is 0 Å². The fourth-order valence-electron chi connectivity index (χ4n) is 3.37. The molecule has 3 aliphatic heterocycles. The van der Waals surface area contributed by atoms with Crippen LogP contribution in [0.25, 0.3) is 0 Å². The van der Waals surface area contributed by atoms with Crippen LogP contribution >= 0.6 is 23.3 Å². The standard InChI is InChI=1S/C16H15N7O6S2/c17-16-20-10(22-31-16)7(21-29)12(25)19-8-13(26)23-9(15(27)28)6(4-30-14(8)23)3-5-1-2-18-11(5)24/h3,8,14,29H,1-2,4H2,(H,18,24)(H,19,25)(H,27,28)(H2,17,20,22)/b5-3+,21-7-. The van der Waals surface area contributed by atoms with Crippen LogP contribution in [0.4, 0.5) is 5.13 Å². The summed E-state index contributed by atoms with van der Waals surface area (Å²) in [5.41, 5.74) is 5.51. The number of aliphatic carboxylic acids is 1. The van der Waals surface area contributed by atoms with E-state index >= 15 is 0 Å². The van der Waals surface area contributed by atoms with Gasteiger partial charge in [-0.1, -0.05) is 5.16 Å². The molecular formula is C16H15N7O6S2. The second-order valence-corrected chi connectivity index (χ2v) is 8.51. The van der Waals surface area contributed by atoms with Gasteiger partial charge in [-0.2, -0.15) is 9.36 Å². The number of β-lactam (4-membered cyclic amide) rings is 1. The number of oxime groups is 1. The monoisotopic (exact) mass is 465 g/mol. The van der Waals surface area contributed by atoms with Crippen molar-refractivity contribution in [2.24, 2.45) is 5.16 Å². The molecule has 31 heavy (non-hydrogen) atoms. The molecule has 0 spiro atoms.